The number of methoxy groups -OCH3 is 1. The number of nitrogens with one attached hydrogen (secondary N) is 1. The Morgan fingerprint density at radius 1 is 1.40 bits per heavy atom. The van der Waals surface area contributed by atoms with Gasteiger partial charge in [0.2, 0.25) is 0 Å². The van der Waals surface area contributed by atoms with E-state index in [0.717, 1.165) is 6.42 Å². The molecule has 0 aliphatic heterocycles. The second kappa shape index (κ2) is 6.87. The van der Waals surface area contributed by atoms with Crippen LogP contribution in [-0.4, -0.2) is 26.3 Å². The Balaban J connectivity index is 2.54. The maximum absolute atomic E-state index is 5.64. The highest BCUT2D eigenvalue weighted by molar-refractivity contribution is 4.94. The first-order valence-electron chi connectivity index (χ1n) is 5.97. The number of hydrogen-bond acceptors (Lipinski definition) is 2. The van der Waals surface area contributed by atoms with Crippen molar-refractivity contribution in [2.24, 2.45) is 5.92 Å². The van der Waals surface area contributed by atoms with E-state index in [-0.39, 0.29) is 6.10 Å². The van der Waals surface area contributed by atoms with Gasteiger partial charge in [0.05, 0.1) is 6.10 Å². The molecule has 0 spiro atoms. The van der Waals surface area contributed by atoms with Crippen LogP contribution in [-0.2, 0) is 4.74 Å². The van der Waals surface area contributed by atoms with Gasteiger partial charge in [-0.25, -0.2) is 0 Å². The minimum absolute atomic E-state index is 0.284. The highest BCUT2D eigenvalue weighted by atomic mass is 16.5. The van der Waals surface area contributed by atoms with Crippen LogP contribution in [0.1, 0.15) is 38.5 Å². The van der Waals surface area contributed by atoms with Crippen LogP contribution in [0.4, 0.5) is 0 Å². The second-order valence-electron chi connectivity index (χ2n) is 4.40. The fourth-order valence-corrected chi connectivity index (χ4v) is 2.66. The third kappa shape index (κ3) is 3.52. The quantitative estimate of drug-likeness (QED) is 0.701. The lowest BCUT2D eigenvalue weighted by atomic mass is 9.82. The first-order chi connectivity index (χ1) is 7.33. The van der Waals surface area contributed by atoms with E-state index in [9.17, 15) is 0 Å². The van der Waals surface area contributed by atoms with Gasteiger partial charge in [0.15, 0.2) is 0 Å². The van der Waals surface area contributed by atoms with Crippen molar-refractivity contribution in [3.05, 3.63) is 0 Å². The van der Waals surface area contributed by atoms with E-state index in [4.69, 9.17) is 11.2 Å². The van der Waals surface area contributed by atoms with Gasteiger partial charge in [0.25, 0.3) is 0 Å². The fraction of sp³-hybridized carbons (Fsp3) is 0.846. The lowest BCUT2D eigenvalue weighted by Gasteiger charge is -2.34. The Morgan fingerprint density at radius 3 is 2.53 bits per heavy atom. The van der Waals surface area contributed by atoms with Crippen LogP contribution in [0.2, 0.25) is 0 Å². The van der Waals surface area contributed by atoms with E-state index < -0.39 is 0 Å². The number of ether oxygens (including phenoxy) is 1. The standard InChI is InChI=1S/C13H23NO/c1-4-8-12(14-2)13(15-3)11-9-6-5-7-10-11/h1,11-14H,5-10H2,2-3H3. The van der Waals surface area contributed by atoms with E-state index in [2.05, 4.69) is 11.2 Å². The zero-order valence-electron chi connectivity index (χ0n) is 9.96. The molecule has 0 radical (unpaired) electrons. The summed E-state index contributed by atoms with van der Waals surface area (Å²) in [4.78, 5) is 0. The average molecular weight is 209 g/mol. The Kier molecular flexibility index (Phi) is 5.75. The Labute approximate surface area is 93.8 Å². The topological polar surface area (TPSA) is 21.3 Å². The molecule has 0 aromatic carbocycles. The van der Waals surface area contributed by atoms with Crippen molar-refractivity contribution in [1.29, 1.82) is 0 Å². The molecular weight excluding hydrogens is 186 g/mol. The molecule has 0 bridgehead atoms. The van der Waals surface area contributed by atoms with Crippen LogP contribution in [0, 0.1) is 18.3 Å². The number of hydrogen-bond donors (Lipinski definition) is 1. The molecule has 2 atom stereocenters. The smallest absolute Gasteiger partial charge is 0.0761 e. The summed E-state index contributed by atoms with van der Waals surface area (Å²) in [6.45, 7) is 0. The molecule has 1 fully saturated rings. The van der Waals surface area contributed by atoms with Crippen LogP contribution in [0.15, 0.2) is 0 Å². The minimum atomic E-state index is 0.284. The monoisotopic (exact) mass is 209 g/mol. The van der Waals surface area contributed by atoms with Gasteiger partial charge in [0.1, 0.15) is 0 Å². The van der Waals surface area contributed by atoms with Crippen molar-refractivity contribution < 1.29 is 4.74 Å². The van der Waals surface area contributed by atoms with Crippen LogP contribution in [0.25, 0.3) is 0 Å². The molecule has 0 saturated heterocycles. The first kappa shape index (κ1) is 12.5. The van der Waals surface area contributed by atoms with Gasteiger partial charge in [-0.15, -0.1) is 12.3 Å². The van der Waals surface area contributed by atoms with Crippen molar-refractivity contribution in [1.82, 2.24) is 5.32 Å². The number of rotatable bonds is 5. The summed E-state index contributed by atoms with van der Waals surface area (Å²) < 4.78 is 5.64. The fourth-order valence-electron chi connectivity index (χ4n) is 2.66. The molecule has 0 aromatic heterocycles. The predicted molar refractivity (Wildman–Crippen MR) is 63.7 cm³/mol. The lowest BCUT2D eigenvalue weighted by molar-refractivity contribution is 0.0113. The van der Waals surface area contributed by atoms with Gasteiger partial charge < -0.3 is 10.1 Å². The van der Waals surface area contributed by atoms with Crippen LogP contribution >= 0.6 is 0 Å². The van der Waals surface area contributed by atoms with Crippen molar-refractivity contribution in [2.45, 2.75) is 50.7 Å². The molecule has 2 unspecified atom stereocenters. The summed E-state index contributed by atoms with van der Waals surface area (Å²) >= 11 is 0. The molecule has 0 aromatic rings. The van der Waals surface area contributed by atoms with Crippen LogP contribution < -0.4 is 5.32 Å². The van der Waals surface area contributed by atoms with Gasteiger partial charge >= 0.3 is 0 Å². The number of likely N-dealkylation sites (N-methyl/N-ethyl adjacent to an activating group) is 1. The molecule has 2 nitrogen and oxygen atoms in total. The lowest BCUT2D eigenvalue weighted by Crippen LogP contribution is -2.43. The van der Waals surface area contributed by atoms with Gasteiger partial charge in [-0.1, -0.05) is 19.3 Å². The zero-order chi connectivity index (χ0) is 11.1. The molecule has 1 aliphatic carbocycles. The normalized spacial score (nSPS) is 21.9. The molecule has 15 heavy (non-hydrogen) atoms. The van der Waals surface area contributed by atoms with Crippen molar-refractivity contribution in [3.8, 4) is 12.3 Å². The van der Waals surface area contributed by atoms with Crippen LogP contribution in [0.3, 0.4) is 0 Å². The van der Waals surface area contributed by atoms with Crippen molar-refractivity contribution >= 4 is 0 Å². The highest BCUT2D eigenvalue weighted by Gasteiger charge is 2.29. The van der Waals surface area contributed by atoms with E-state index >= 15 is 0 Å². The van der Waals surface area contributed by atoms with E-state index in [1.165, 1.54) is 32.1 Å². The minimum Gasteiger partial charge on any atom is -0.380 e. The molecule has 1 saturated carbocycles. The molecule has 1 aliphatic rings. The maximum Gasteiger partial charge on any atom is 0.0761 e. The van der Waals surface area contributed by atoms with Crippen LogP contribution in [0.5, 0.6) is 0 Å². The second-order valence-corrected chi connectivity index (χ2v) is 4.40. The number of terminal acetylenes is 1. The molecule has 0 heterocycles. The van der Waals surface area contributed by atoms with Gasteiger partial charge in [0, 0.05) is 19.6 Å². The molecule has 0 amide bonds. The Bertz CT molecular complexity index is 203. The van der Waals surface area contributed by atoms with Gasteiger partial charge in [-0.3, -0.25) is 0 Å². The van der Waals surface area contributed by atoms with E-state index in [1.54, 1.807) is 7.11 Å². The molecule has 1 N–H and O–H groups in total. The molecular formula is C13H23NO. The average Bonchev–Trinajstić information content (AvgIpc) is 2.30. The summed E-state index contributed by atoms with van der Waals surface area (Å²) in [5, 5.41) is 3.28. The highest BCUT2D eigenvalue weighted by Crippen LogP contribution is 2.29. The SMILES string of the molecule is C#CCC(NC)C(OC)C1CCCCC1. The third-order valence-corrected chi connectivity index (χ3v) is 3.49. The van der Waals surface area contributed by atoms with Gasteiger partial charge in [-0.05, 0) is 25.8 Å². The summed E-state index contributed by atoms with van der Waals surface area (Å²) in [6, 6.07) is 0.308. The zero-order valence-corrected chi connectivity index (χ0v) is 9.96. The first-order valence-corrected chi connectivity index (χ1v) is 5.97. The summed E-state index contributed by atoms with van der Waals surface area (Å²) in [7, 11) is 3.77. The van der Waals surface area contributed by atoms with E-state index in [0.29, 0.717) is 12.0 Å². The Hall–Kier alpha value is -0.520. The molecule has 2 heteroatoms. The Morgan fingerprint density at radius 2 is 2.07 bits per heavy atom. The summed E-state index contributed by atoms with van der Waals surface area (Å²) in [5.41, 5.74) is 0. The summed E-state index contributed by atoms with van der Waals surface area (Å²) in [6.07, 6.45) is 13.1. The third-order valence-electron chi connectivity index (χ3n) is 3.49. The van der Waals surface area contributed by atoms with E-state index in [1.807, 2.05) is 7.05 Å². The maximum atomic E-state index is 5.64. The largest absolute Gasteiger partial charge is 0.380 e. The molecule has 1 rings (SSSR count). The van der Waals surface area contributed by atoms with Crippen molar-refractivity contribution in [3.63, 3.8) is 0 Å². The van der Waals surface area contributed by atoms with Crippen molar-refractivity contribution in [2.75, 3.05) is 14.2 Å². The van der Waals surface area contributed by atoms with Gasteiger partial charge in [-0.2, -0.15) is 0 Å². The summed E-state index contributed by atoms with van der Waals surface area (Å²) in [5.74, 6) is 3.42. The predicted octanol–water partition coefficient (Wildman–Crippen LogP) is 2.19. The molecule has 86 valence electrons.